The predicted molar refractivity (Wildman–Crippen MR) is 92.2 cm³/mol. The average Bonchev–Trinajstić information content (AvgIpc) is 2.50. The summed E-state index contributed by atoms with van der Waals surface area (Å²) in [6, 6.07) is 8.34. The molecule has 4 nitrogen and oxygen atoms in total. The van der Waals surface area contributed by atoms with E-state index in [0.29, 0.717) is 0 Å². The molecule has 0 saturated carbocycles. The second-order valence-corrected chi connectivity index (χ2v) is 5.64. The van der Waals surface area contributed by atoms with Crippen molar-refractivity contribution in [3.63, 3.8) is 0 Å². The third-order valence-corrected chi connectivity index (χ3v) is 3.87. The number of aromatic nitrogens is 2. The molecule has 2 aromatic rings. The summed E-state index contributed by atoms with van der Waals surface area (Å²) in [5, 5.41) is 6.70. The van der Waals surface area contributed by atoms with Crippen molar-refractivity contribution in [2.24, 2.45) is 0 Å². The Labute approximate surface area is 134 Å². The van der Waals surface area contributed by atoms with Gasteiger partial charge in [-0.2, -0.15) is 0 Å². The number of aryl methyl sites for hydroxylation is 1. The molecule has 2 N–H and O–H groups in total. The highest BCUT2D eigenvalue weighted by Gasteiger charge is 2.10. The lowest BCUT2D eigenvalue weighted by Gasteiger charge is -2.14. The van der Waals surface area contributed by atoms with E-state index in [1.165, 1.54) is 5.56 Å². The molecule has 21 heavy (non-hydrogen) atoms. The fraction of sp³-hybridized carbons (Fsp3) is 0.375. The third kappa shape index (κ3) is 4.17. The van der Waals surface area contributed by atoms with Crippen LogP contribution < -0.4 is 10.6 Å². The van der Waals surface area contributed by atoms with Gasteiger partial charge < -0.3 is 10.6 Å². The highest BCUT2D eigenvalue weighted by atomic mass is 79.9. The lowest BCUT2D eigenvalue weighted by molar-refractivity contribution is 0.923. The summed E-state index contributed by atoms with van der Waals surface area (Å²) in [7, 11) is 0. The largest absolute Gasteiger partial charge is 0.369 e. The zero-order valence-electron chi connectivity index (χ0n) is 12.5. The number of para-hydroxylation sites is 1. The average molecular weight is 349 g/mol. The minimum Gasteiger partial charge on any atom is -0.369 e. The Morgan fingerprint density at radius 2 is 1.81 bits per heavy atom. The summed E-state index contributed by atoms with van der Waals surface area (Å²) in [6.45, 7) is 5.20. The first-order chi connectivity index (χ1) is 10.3. The summed E-state index contributed by atoms with van der Waals surface area (Å²) < 4.78 is 0.866. The van der Waals surface area contributed by atoms with Crippen LogP contribution in [0.4, 0.5) is 17.3 Å². The summed E-state index contributed by atoms with van der Waals surface area (Å²) in [5.74, 6) is 1.61. The van der Waals surface area contributed by atoms with Crippen LogP contribution in [-0.4, -0.2) is 16.5 Å². The summed E-state index contributed by atoms with van der Waals surface area (Å²) >= 11 is 3.58. The molecular formula is C16H21BrN4. The molecule has 0 radical (unpaired) electrons. The summed E-state index contributed by atoms with van der Waals surface area (Å²) in [4.78, 5) is 8.60. The van der Waals surface area contributed by atoms with Gasteiger partial charge in [0.25, 0.3) is 0 Å². The summed E-state index contributed by atoms with van der Waals surface area (Å²) in [6.07, 6.45) is 4.80. The van der Waals surface area contributed by atoms with Crippen molar-refractivity contribution >= 4 is 33.3 Å². The zero-order chi connectivity index (χ0) is 15.1. The minimum atomic E-state index is 0.784. The van der Waals surface area contributed by atoms with Crippen LogP contribution in [0.5, 0.6) is 0 Å². The van der Waals surface area contributed by atoms with E-state index < -0.39 is 0 Å². The van der Waals surface area contributed by atoms with Crippen molar-refractivity contribution in [3.05, 3.63) is 40.6 Å². The first-order valence-corrected chi connectivity index (χ1v) is 8.14. The van der Waals surface area contributed by atoms with Crippen LogP contribution in [0.2, 0.25) is 0 Å². The molecule has 112 valence electrons. The Morgan fingerprint density at radius 3 is 2.57 bits per heavy atom. The molecule has 0 fully saturated rings. The van der Waals surface area contributed by atoms with Gasteiger partial charge in [-0.15, -0.1) is 0 Å². The Kier molecular flexibility index (Phi) is 5.99. The van der Waals surface area contributed by atoms with Crippen LogP contribution >= 0.6 is 15.9 Å². The van der Waals surface area contributed by atoms with Crippen LogP contribution in [-0.2, 0) is 6.42 Å². The van der Waals surface area contributed by atoms with Gasteiger partial charge in [0, 0.05) is 12.2 Å². The van der Waals surface area contributed by atoms with Gasteiger partial charge in [-0.05, 0) is 40.4 Å². The molecule has 0 amide bonds. The van der Waals surface area contributed by atoms with Gasteiger partial charge in [0.1, 0.15) is 22.4 Å². The van der Waals surface area contributed by atoms with E-state index in [9.17, 15) is 0 Å². The molecular weight excluding hydrogens is 328 g/mol. The Hall–Kier alpha value is -1.62. The van der Waals surface area contributed by atoms with E-state index in [4.69, 9.17) is 0 Å². The second-order valence-electron chi connectivity index (χ2n) is 4.84. The smallest absolute Gasteiger partial charge is 0.150 e. The Bertz CT molecular complexity index is 586. The number of anilines is 3. The molecule has 5 heteroatoms. The third-order valence-electron chi connectivity index (χ3n) is 3.12. The van der Waals surface area contributed by atoms with Gasteiger partial charge in [-0.1, -0.05) is 38.5 Å². The Morgan fingerprint density at radius 1 is 1.05 bits per heavy atom. The first kappa shape index (κ1) is 15.8. The predicted octanol–water partition coefficient (Wildman–Crippen LogP) is 4.76. The second kappa shape index (κ2) is 7.98. The normalized spacial score (nSPS) is 10.4. The van der Waals surface area contributed by atoms with Crippen molar-refractivity contribution in [1.82, 2.24) is 9.97 Å². The molecule has 0 aliphatic carbocycles. The van der Waals surface area contributed by atoms with Crippen LogP contribution in [0.15, 0.2) is 35.1 Å². The number of nitrogens with one attached hydrogen (secondary N) is 2. The SMILES string of the molecule is CCCNc1ncnc(Nc2ccccc2CCC)c1Br. The Balaban J connectivity index is 2.23. The maximum Gasteiger partial charge on any atom is 0.150 e. The zero-order valence-corrected chi connectivity index (χ0v) is 14.1. The molecule has 0 spiro atoms. The summed E-state index contributed by atoms with van der Waals surface area (Å²) in [5.41, 5.74) is 2.40. The number of rotatable bonds is 7. The number of hydrogen-bond donors (Lipinski definition) is 2. The van der Waals surface area contributed by atoms with E-state index >= 15 is 0 Å². The molecule has 0 aliphatic rings. The van der Waals surface area contributed by atoms with Gasteiger partial charge in [0.15, 0.2) is 0 Å². The van der Waals surface area contributed by atoms with E-state index in [2.05, 4.69) is 68.6 Å². The van der Waals surface area contributed by atoms with E-state index in [1.54, 1.807) is 6.33 Å². The van der Waals surface area contributed by atoms with E-state index in [1.807, 2.05) is 6.07 Å². The quantitative estimate of drug-likeness (QED) is 0.757. The monoisotopic (exact) mass is 348 g/mol. The standard InChI is InChI=1S/C16H21BrN4/c1-3-7-12-8-5-6-9-13(12)21-16-14(17)15(18-10-4-2)19-11-20-16/h5-6,8-9,11H,3-4,7,10H2,1-2H3,(H2,18,19,20,21). The molecule has 1 aromatic heterocycles. The van der Waals surface area contributed by atoms with Crippen LogP contribution in [0.3, 0.4) is 0 Å². The van der Waals surface area contributed by atoms with Crippen molar-refractivity contribution in [2.45, 2.75) is 33.1 Å². The van der Waals surface area contributed by atoms with Crippen molar-refractivity contribution in [2.75, 3.05) is 17.2 Å². The van der Waals surface area contributed by atoms with Gasteiger partial charge in [0.2, 0.25) is 0 Å². The van der Waals surface area contributed by atoms with Crippen molar-refractivity contribution in [3.8, 4) is 0 Å². The lowest BCUT2D eigenvalue weighted by Crippen LogP contribution is -2.06. The first-order valence-electron chi connectivity index (χ1n) is 7.35. The van der Waals surface area contributed by atoms with Gasteiger partial charge in [-0.3, -0.25) is 0 Å². The molecule has 1 heterocycles. The van der Waals surface area contributed by atoms with Crippen LogP contribution in [0, 0.1) is 0 Å². The highest BCUT2D eigenvalue weighted by Crippen LogP contribution is 2.30. The van der Waals surface area contributed by atoms with Gasteiger partial charge >= 0.3 is 0 Å². The maximum atomic E-state index is 4.33. The highest BCUT2D eigenvalue weighted by molar-refractivity contribution is 9.10. The van der Waals surface area contributed by atoms with Crippen LogP contribution in [0.1, 0.15) is 32.3 Å². The maximum absolute atomic E-state index is 4.33. The molecule has 0 unspecified atom stereocenters. The van der Waals surface area contributed by atoms with Crippen LogP contribution in [0.25, 0.3) is 0 Å². The molecule has 0 aliphatic heterocycles. The minimum absolute atomic E-state index is 0.784. The lowest BCUT2D eigenvalue weighted by atomic mass is 10.1. The van der Waals surface area contributed by atoms with E-state index in [0.717, 1.165) is 47.6 Å². The fourth-order valence-electron chi connectivity index (χ4n) is 2.08. The molecule has 0 bridgehead atoms. The molecule has 0 atom stereocenters. The van der Waals surface area contributed by atoms with E-state index in [-0.39, 0.29) is 0 Å². The van der Waals surface area contributed by atoms with Crippen molar-refractivity contribution < 1.29 is 0 Å². The molecule has 0 saturated heterocycles. The number of benzene rings is 1. The molecule has 2 rings (SSSR count). The van der Waals surface area contributed by atoms with Crippen molar-refractivity contribution in [1.29, 1.82) is 0 Å². The number of nitrogens with zero attached hydrogens (tertiary/aromatic N) is 2. The fourth-order valence-corrected chi connectivity index (χ4v) is 2.52. The van der Waals surface area contributed by atoms with Gasteiger partial charge in [-0.25, -0.2) is 9.97 Å². The topological polar surface area (TPSA) is 49.8 Å². The number of halogens is 1. The van der Waals surface area contributed by atoms with Gasteiger partial charge in [0.05, 0.1) is 0 Å². The number of hydrogen-bond acceptors (Lipinski definition) is 4. The molecule has 1 aromatic carbocycles.